The molecular formula is C21H23N5S. The third-order valence-electron chi connectivity index (χ3n) is 4.51. The Morgan fingerprint density at radius 2 is 2.04 bits per heavy atom. The standard InChI is InChI=1S/C21H23N5S/c1-13(2)25-26-17-8-4-6-15-9-10-18(24-19(15)17)20-14(3)23-21(27-20)16-7-5-11-22-12-16/h5,7,9-13,25H,4,6,8H2,1-3H3. The summed E-state index contributed by atoms with van der Waals surface area (Å²) in [6.07, 6.45) is 6.78. The maximum Gasteiger partial charge on any atom is 0.125 e. The highest BCUT2D eigenvalue weighted by Gasteiger charge is 2.20. The van der Waals surface area contributed by atoms with E-state index >= 15 is 0 Å². The molecule has 0 aliphatic heterocycles. The predicted octanol–water partition coefficient (Wildman–Crippen LogP) is 4.61. The molecule has 1 N–H and O–H groups in total. The molecule has 0 unspecified atom stereocenters. The van der Waals surface area contributed by atoms with Gasteiger partial charge in [0, 0.05) is 24.0 Å². The normalized spacial score (nSPS) is 15.2. The molecule has 1 aliphatic carbocycles. The van der Waals surface area contributed by atoms with Crippen LogP contribution >= 0.6 is 11.3 Å². The Labute approximate surface area is 163 Å². The molecular weight excluding hydrogens is 354 g/mol. The number of pyridine rings is 2. The minimum atomic E-state index is 0.317. The van der Waals surface area contributed by atoms with Crippen LogP contribution in [-0.4, -0.2) is 26.7 Å². The van der Waals surface area contributed by atoms with Gasteiger partial charge in [-0.2, -0.15) is 5.10 Å². The molecule has 3 aromatic rings. The van der Waals surface area contributed by atoms with Crippen LogP contribution in [0.2, 0.25) is 0 Å². The first-order chi connectivity index (χ1) is 13.1. The van der Waals surface area contributed by atoms with Crippen molar-refractivity contribution in [3.05, 3.63) is 53.6 Å². The van der Waals surface area contributed by atoms with Crippen molar-refractivity contribution < 1.29 is 0 Å². The van der Waals surface area contributed by atoms with Crippen molar-refractivity contribution in [2.45, 2.75) is 46.1 Å². The van der Waals surface area contributed by atoms with Crippen molar-refractivity contribution in [2.24, 2.45) is 5.10 Å². The van der Waals surface area contributed by atoms with Gasteiger partial charge in [0.2, 0.25) is 0 Å². The van der Waals surface area contributed by atoms with Gasteiger partial charge in [-0.05, 0) is 63.8 Å². The molecule has 27 heavy (non-hydrogen) atoms. The predicted molar refractivity (Wildman–Crippen MR) is 111 cm³/mol. The maximum atomic E-state index is 4.99. The summed E-state index contributed by atoms with van der Waals surface area (Å²) in [6, 6.07) is 8.61. The van der Waals surface area contributed by atoms with E-state index in [1.165, 1.54) is 5.56 Å². The monoisotopic (exact) mass is 377 g/mol. The number of fused-ring (bicyclic) bond motifs is 1. The molecule has 0 aromatic carbocycles. The van der Waals surface area contributed by atoms with E-state index in [2.05, 4.69) is 41.5 Å². The smallest absolute Gasteiger partial charge is 0.125 e. The molecule has 0 saturated carbocycles. The Hall–Kier alpha value is -2.60. The van der Waals surface area contributed by atoms with E-state index in [0.29, 0.717) is 6.04 Å². The lowest BCUT2D eigenvalue weighted by Crippen LogP contribution is -2.22. The van der Waals surface area contributed by atoms with E-state index in [1.807, 2.05) is 25.3 Å². The number of nitrogens with one attached hydrogen (secondary N) is 1. The van der Waals surface area contributed by atoms with Crippen molar-refractivity contribution >= 4 is 17.0 Å². The second-order valence-electron chi connectivity index (χ2n) is 7.08. The average molecular weight is 378 g/mol. The number of hydrogen-bond acceptors (Lipinski definition) is 6. The summed E-state index contributed by atoms with van der Waals surface area (Å²) in [6.45, 7) is 6.23. The van der Waals surface area contributed by atoms with Crippen LogP contribution in [0, 0.1) is 6.92 Å². The summed E-state index contributed by atoms with van der Waals surface area (Å²) < 4.78 is 0. The largest absolute Gasteiger partial charge is 0.307 e. The van der Waals surface area contributed by atoms with Gasteiger partial charge in [0.15, 0.2) is 0 Å². The second-order valence-corrected chi connectivity index (χ2v) is 8.07. The van der Waals surface area contributed by atoms with Crippen LogP contribution in [0.3, 0.4) is 0 Å². The average Bonchev–Trinajstić information content (AvgIpc) is 3.08. The highest BCUT2D eigenvalue weighted by molar-refractivity contribution is 7.18. The zero-order valence-corrected chi connectivity index (χ0v) is 16.7. The molecule has 0 amide bonds. The number of nitrogens with zero attached hydrogens (tertiary/aromatic N) is 4. The van der Waals surface area contributed by atoms with Crippen LogP contribution in [0.4, 0.5) is 0 Å². The molecule has 0 spiro atoms. The first-order valence-electron chi connectivity index (χ1n) is 9.32. The zero-order valence-electron chi connectivity index (χ0n) is 15.9. The minimum Gasteiger partial charge on any atom is -0.307 e. The molecule has 4 rings (SSSR count). The van der Waals surface area contributed by atoms with Crippen LogP contribution < -0.4 is 5.43 Å². The first-order valence-corrected chi connectivity index (χ1v) is 10.1. The van der Waals surface area contributed by atoms with Gasteiger partial charge in [-0.15, -0.1) is 11.3 Å². The van der Waals surface area contributed by atoms with Crippen LogP contribution in [-0.2, 0) is 6.42 Å². The van der Waals surface area contributed by atoms with Gasteiger partial charge in [-0.1, -0.05) is 6.07 Å². The zero-order chi connectivity index (χ0) is 18.8. The Balaban J connectivity index is 1.73. The summed E-state index contributed by atoms with van der Waals surface area (Å²) in [5.74, 6) is 0. The van der Waals surface area contributed by atoms with Gasteiger partial charge in [0.25, 0.3) is 0 Å². The van der Waals surface area contributed by atoms with E-state index in [0.717, 1.165) is 57.5 Å². The quantitative estimate of drug-likeness (QED) is 0.674. The third-order valence-corrected chi connectivity index (χ3v) is 5.74. The van der Waals surface area contributed by atoms with Crippen molar-refractivity contribution in [1.29, 1.82) is 0 Å². The SMILES string of the molecule is Cc1nc(-c2cccnc2)sc1-c1ccc2c(n1)C(=NNC(C)C)CCC2. The Morgan fingerprint density at radius 1 is 1.15 bits per heavy atom. The first kappa shape index (κ1) is 17.8. The Bertz CT molecular complexity index is 975. The molecule has 0 radical (unpaired) electrons. The lowest BCUT2D eigenvalue weighted by atomic mass is 9.94. The van der Waals surface area contributed by atoms with Gasteiger partial charge in [0.05, 0.1) is 27.7 Å². The van der Waals surface area contributed by atoms with Crippen molar-refractivity contribution in [2.75, 3.05) is 0 Å². The summed E-state index contributed by atoms with van der Waals surface area (Å²) in [5, 5.41) is 5.60. The number of rotatable bonds is 4. The van der Waals surface area contributed by atoms with E-state index in [4.69, 9.17) is 9.97 Å². The summed E-state index contributed by atoms with van der Waals surface area (Å²) in [5.41, 5.74) is 9.56. The van der Waals surface area contributed by atoms with Crippen molar-refractivity contribution in [3.63, 3.8) is 0 Å². The molecule has 3 aromatic heterocycles. The summed E-state index contributed by atoms with van der Waals surface area (Å²) >= 11 is 1.67. The summed E-state index contributed by atoms with van der Waals surface area (Å²) in [4.78, 5) is 15.1. The second kappa shape index (κ2) is 7.56. The molecule has 0 fully saturated rings. The van der Waals surface area contributed by atoms with E-state index in [1.54, 1.807) is 17.5 Å². The summed E-state index contributed by atoms with van der Waals surface area (Å²) in [7, 11) is 0. The molecule has 3 heterocycles. The highest BCUT2D eigenvalue weighted by Crippen LogP contribution is 2.35. The van der Waals surface area contributed by atoms with Crippen molar-refractivity contribution in [3.8, 4) is 21.1 Å². The van der Waals surface area contributed by atoms with Crippen molar-refractivity contribution in [1.82, 2.24) is 20.4 Å². The Morgan fingerprint density at radius 3 is 2.81 bits per heavy atom. The molecule has 0 atom stereocenters. The van der Waals surface area contributed by atoms with E-state index in [-0.39, 0.29) is 0 Å². The minimum absolute atomic E-state index is 0.317. The fourth-order valence-electron chi connectivity index (χ4n) is 3.19. The molecule has 0 saturated heterocycles. The fraction of sp³-hybridized carbons (Fsp3) is 0.333. The molecule has 138 valence electrons. The van der Waals surface area contributed by atoms with Gasteiger partial charge in [-0.25, -0.2) is 9.97 Å². The molecule has 6 heteroatoms. The van der Waals surface area contributed by atoms with Gasteiger partial charge < -0.3 is 5.43 Å². The molecule has 0 bridgehead atoms. The number of aryl methyl sites for hydroxylation is 2. The van der Waals surface area contributed by atoms with Crippen LogP contribution in [0.25, 0.3) is 21.1 Å². The van der Waals surface area contributed by atoms with Gasteiger partial charge in [0.1, 0.15) is 5.01 Å². The number of aromatic nitrogens is 3. The van der Waals surface area contributed by atoms with Crippen LogP contribution in [0.5, 0.6) is 0 Å². The lowest BCUT2D eigenvalue weighted by molar-refractivity contribution is 0.616. The van der Waals surface area contributed by atoms with Crippen LogP contribution in [0.15, 0.2) is 41.8 Å². The topological polar surface area (TPSA) is 63.1 Å². The van der Waals surface area contributed by atoms with Crippen LogP contribution in [0.1, 0.15) is 43.6 Å². The highest BCUT2D eigenvalue weighted by atomic mass is 32.1. The molecule has 1 aliphatic rings. The van der Waals surface area contributed by atoms with Gasteiger partial charge in [-0.3, -0.25) is 4.98 Å². The third kappa shape index (κ3) is 3.76. The Kier molecular flexibility index (Phi) is 4.99. The van der Waals surface area contributed by atoms with E-state index in [9.17, 15) is 0 Å². The van der Waals surface area contributed by atoms with E-state index < -0.39 is 0 Å². The molecule has 5 nitrogen and oxygen atoms in total. The van der Waals surface area contributed by atoms with Gasteiger partial charge >= 0.3 is 0 Å². The number of thiazole rings is 1. The fourth-order valence-corrected chi connectivity index (χ4v) is 4.22. The maximum absolute atomic E-state index is 4.99. The number of hydrazone groups is 1. The number of hydrogen-bond donors (Lipinski definition) is 1. The lowest BCUT2D eigenvalue weighted by Gasteiger charge is -2.18.